The van der Waals surface area contributed by atoms with Crippen LogP contribution in [0.3, 0.4) is 0 Å². The number of hydrogen-bond acceptors (Lipinski definition) is 3. The van der Waals surface area contributed by atoms with Gasteiger partial charge in [0.25, 0.3) is 5.91 Å². The minimum atomic E-state index is -0.856. The van der Waals surface area contributed by atoms with Gasteiger partial charge in [0.15, 0.2) is 6.10 Å². The molecule has 3 aliphatic rings. The summed E-state index contributed by atoms with van der Waals surface area (Å²) in [6, 6.07) is 8.09. The monoisotopic (exact) mass is 343 g/mol. The fraction of sp³-hybridized carbons (Fsp3) is 0.600. The summed E-state index contributed by atoms with van der Waals surface area (Å²) >= 11 is 0. The van der Waals surface area contributed by atoms with Gasteiger partial charge in [-0.15, -0.1) is 0 Å². The third-order valence-corrected chi connectivity index (χ3v) is 5.86. The quantitative estimate of drug-likeness (QED) is 0.912. The van der Waals surface area contributed by atoms with Crippen molar-refractivity contribution in [1.29, 1.82) is 0 Å². The van der Waals surface area contributed by atoms with E-state index in [4.69, 9.17) is 9.84 Å². The predicted molar refractivity (Wildman–Crippen MR) is 92.6 cm³/mol. The first-order valence-electron chi connectivity index (χ1n) is 9.39. The first-order chi connectivity index (χ1) is 12.1. The number of carbonyl (C=O) groups excluding carboxylic acids is 1. The normalized spacial score (nSPS) is 27.4. The van der Waals surface area contributed by atoms with Gasteiger partial charge >= 0.3 is 5.97 Å². The summed E-state index contributed by atoms with van der Waals surface area (Å²) in [4.78, 5) is 25.7. The van der Waals surface area contributed by atoms with Gasteiger partial charge in [-0.05, 0) is 68.1 Å². The second-order valence-electron chi connectivity index (χ2n) is 7.61. The zero-order valence-corrected chi connectivity index (χ0v) is 14.4. The maximum Gasteiger partial charge on any atom is 0.332 e. The summed E-state index contributed by atoms with van der Waals surface area (Å²) in [5.41, 5.74) is 2.09. The molecule has 1 aromatic carbocycles. The van der Waals surface area contributed by atoms with Gasteiger partial charge in [0.05, 0.1) is 6.10 Å². The standard InChI is InChI=1S/C20H25NO4/c22-19(16-3-1-2-15(12-16)13-4-5-13)21-10-8-14(9-11-21)17-6-7-18(25-17)20(23)24/h1-3,12-14,17-18H,4-11H2,(H,23,24)/t17-,18+/m0/s1. The molecule has 1 N–H and O–H groups in total. The van der Waals surface area contributed by atoms with Gasteiger partial charge in [-0.25, -0.2) is 4.79 Å². The van der Waals surface area contributed by atoms with Gasteiger partial charge in [0.2, 0.25) is 0 Å². The van der Waals surface area contributed by atoms with E-state index in [2.05, 4.69) is 12.1 Å². The first kappa shape index (κ1) is 16.6. The lowest BCUT2D eigenvalue weighted by Crippen LogP contribution is -2.41. The molecule has 1 saturated carbocycles. The van der Waals surface area contributed by atoms with Crippen molar-refractivity contribution in [2.24, 2.45) is 5.92 Å². The highest BCUT2D eigenvalue weighted by Crippen LogP contribution is 2.40. The number of hydrogen-bond donors (Lipinski definition) is 1. The molecule has 5 heteroatoms. The molecule has 3 fully saturated rings. The van der Waals surface area contributed by atoms with Gasteiger partial charge in [-0.1, -0.05) is 12.1 Å². The van der Waals surface area contributed by atoms with E-state index >= 15 is 0 Å². The molecule has 25 heavy (non-hydrogen) atoms. The van der Waals surface area contributed by atoms with Crippen LogP contribution in [0.1, 0.15) is 60.4 Å². The molecule has 134 valence electrons. The SMILES string of the molecule is O=C(O)[C@H]1CC[C@@H](C2CCN(C(=O)c3cccc(C4CC4)c3)CC2)O1. The van der Waals surface area contributed by atoms with Gasteiger partial charge in [-0.3, -0.25) is 4.79 Å². The van der Waals surface area contributed by atoms with Crippen molar-refractivity contribution in [2.75, 3.05) is 13.1 Å². The summed E-state index contributed by atoms with van der Waals surface area (Å²) in [5, 5.41) is 9.06. The van der Waals surface area contributed by atoms with Crippen LogP contribution in [0.2, 0.25) is 0 Å². The number of ether oxygens (including phenoxy) is 1. The number of aliphatic carboxylic acids is 1. The Kier molecular flexibility index (Phi) is 4.50. The number of carboxylic acids is 1. The Morgan fingerprint density at radius 2 is 1.80 bits per heavy atom. The van der Waals surface area contributed by atoms with Crippen molar-refractivity contribution in [3.63, 3.8) is 0 Å². The molecule has 0 aromatic heterocycles. The number of benzene rings is 1. The molecule has 4 rings (SSSR count). The second kappa shape index (κ2) is 6.79. The molecular formula is C20H25NO4. The van der Waals surface area contributed by atoms with Crippen LogP contribution >= 0.6 is 0 Å². The van der Waals surface area contributed by atoms with Crippen molar-refractivity contribution >= 4 is 11.9 Å². The molecule has 1 aromatic rings. The molecule has 1 amide bonds. The maximum atomic E-state index is 12.8. The van der Waals surface area contributed by atoms with E-state index in [0.717, 1.165) is 37.9 Å². The van der Waals surface area contributed by atoms with Crippen LogP contribution in [0.5, 0.6) is 0 Å². The summed E-state index contributed by atoms with van der Waals surface area (Å²) in [6.07, 6.45) is 5.08. The lowest BCUT2D eigenvalue weighted by atomic mass is 9.89. The van der Waals surface area contributed by atoms with Crippen molar-refractivity contribution < 1.29 is 19.4 Å². The van der Waals surface area contributed by atoms with E-state index in [1.807, 2.05) is 17.0 Å². The largest absolute Gasteiger partial charge is 0.479 e. The third-order valence-electron chi connectivity index (χ3n) is 5.86. The van der Waals surface area contributed by atoms with Gasteiger partial charge in [0, 0.05) is 18.7 Å². The van der Waals surface area contributed by atoms with Crippen LogP contribution in [0.25, 0.3) is 0 Å². The summed E-state index contributed by atoms with van der Waals surface area (Å²) in [6.45, 7) is 1.46. The highest BCUT2D eigenvalue weighted by atomic mass is 16.5. The Bertz CT molecular complexity index is 661. The van der Waals surface area contributed by atoms with Crippen LogP contribution in [0.15, 0.2) is 24.3 Å². The van der Waals surface area contributed by atoms with E-state index in [9.17, 15) is 9.59 Å². The molecule has 1 aliphatic carbocycles. The first-order valence-corrected chi connectivity index (χ1v) is 9.39. The molecule has 0 radical (unpaired) electrons. The fourth-order valence-corrected chi connectivity index (χ4v) is 4.19. The van der Waals surface area contributed by atoms with Crippen LogP contribution in [0, 0.1) is 5.92 Å². The van der Waals surface area contributed by atoms with Crippen molar-refractivity contribution in [3.05, 3.63) is 35.4 Å². The number of likely N-dealkylation sites (tertiary alicyclic amines) is 1. The number of rotatable bonds is 4. The van der Waals surface area contributed by atoms with E-state index in [-0.39, 0.29) is 12.0 Å². The van der Waals surface area contributed by atoms with Gasteiger partial charge < -0.3 is 14.7 Å². The Hall–Kier alpha value is -1.88. The average Bonchev–Trinajstić information content (AvgIpc) is 3.37. The second-order valence-corrected chi connectivity index (χ2v) is 7.61. The summed E-state index contributed by atoms with van der Waals surface area (Å²) in [7, 11) is 0. The Balaban J connectivity index is 1.33. The lowest BCUT2D eigenvalue weighted by molar-refractivity contribution is -0.150. The Morgan fingerprint density at radius 3 is 2.44 bits per heavy atom. The Morgan fingerprint density at radius 1 is 1.04 bits per heavy atom. The zero-order chi connectivity index (χ0) is 17.4. The smallest absolute Gasteiger partial charge is 0.332 e. The summed E-state index contributed by atoms with van der Waals surface area (Å²) in [5.74, 6) is 0.286. The molecule has 5 nitrogen and oxygen atoms in total. The highest BCUT2D eigenvalue weighted by Gasteiger charge is 2.37. The van der Waals surface area contributed by atoms with E-state index < -0.39 is 12.1 Å². The number of carbonyl (C=O) groups is 2. The van der Waals surface area contributed by atoms with Crippen molar-refractivity contribution in [2.45, 2.75) is 56.7 Å². The molecule has 2 saturated heterocycles. The van der Waals surface area contributed by atoms with Crippen LogP contribution in [-0.4, -0.2) is 47.2 Å². The van der Waals surface area contributed by atoms with Crippen molar-refractivity contribution in [1.82, 2.24) is 4.90 Å². The zero-order valence-electron chi connectivity index (χ0n) is 14.4. The van der Waals surface area contributed by atoms with Gasteiger partial charge in [-0.2, -0.15) is 0 Å². The predicted octanol–water partition coefficient (Wildman–Crippen LogP) is 3.05. The number of piperidine rings is 1. The molecule has 2 heterocycles. The molecule has 2 aliphatic heterocycles. The lowest BCUT2D eigenvalue weighted by Gasteiger charge is -2.34. The van der Waals surface area contributed by atoms with Gasteiger partial charge in [0.1, 0.15) is 0 Å². The minimum absolute atomic E-state index is 0.0385. The third kappa shape index (κ3) is 3.56. The molecular weight excluding hydrogens is 318 g/mol. The van der Waals surface area contributed by atoms with E-state index in [0.29, 0.717) is 18.3 Å². The topological polar surface area (TPSA) is 66.8 Å². The van der Waals surface area contributed by atoms with Crippen molar-refractivity contribution in [3.8, 4) is 0 Å². The molecule has 2 atom stereocenters. The highest BCUT2D eigenvalue weighted by molar-refractivity contribution is 5.94. The van der Waals surface area contributed by atoms with Crippen LogP contribution in [0.4, 0.5) is 0 Å². The molecule has 0 unspecified atom stereocenters. The fourth-order valence-electron chi connectivity index (χ4n) is 4.19. The van der Waals surface area contributed by atoms with E-state index in [1.165, 1.54) is 18.4 Å². The Labute approximate surface area is 148 Å². The summed E-state index contributed by atoms with van der Waals surface area (Å²) < 4.78 is 5.69. The maximum absolute atomic E-state index is 12.8. The molecule has 0 spiro atoms. The number of carboxylic acid groups (broad SMARTS) is 1. The van der Waals surface area contributed by atoms with Crippen LogP contribution < -0.4 is 0 Å². The minimum Gasteiger partial charge on any atom is -0.479 e. The number of nitrogens with zero attached hydrogens (tertiary/aromatic N) is 1. The average molecular weight is 343 g/mol. The number of amides is 1. The molecule has 0 bridgehead atoms. The van der Waals surface area contributed by atoms with E-state index in [1.54, 1.807) is 0 Å². The van der Waals surface area contributed by atoms with Crippen LogP contribution in [-0.2, 0) is 9.53 Å².